The summed E-state index contributed by atoms with van der Waals surface area (Å²) >= 11 is 0. The second-order valence-corrected chi connectivity index (χ2v) is 10.8. The lowest BCUT2D eigenvalue weighted by molar-refractivity contribution is 0.00370. The highest BCUT2D eigenvalue weighted by molar-refractivity contribution is 7.42. The molecule has 1 saturated heterocycles. The molecular formula is C36H27O3P. The Morgan fingerprint density at radius 3 is 1.20 bits per heavy atom. The maximum absolute atomic E-state index is 7.18. The predicted molar refractivity (Wildman–Crippen MR) is 161 cm³/mol. The van der Waals surface area contributed by atoms with Crippen LogP contribution in [0.1, 0.15) is 22.3 Å². The van der Waals surface area contributed by atoms with Crippen LogP contribution in [0.3, 0.4) is 0 Å². The van der Waals surface area contributed by atoms with Crippen molar-refractivity contribution in [2.45, 2.75) is 11.2 Å². The molecular weight excluding hydrogens is 511 g/mol. The van der Waals surface area contributed by atoms with E-state index in [1.807, 2.05) is 48.5 Å². The van der Waals surface area contributed by atoms with Gasteiger partial charge in [-0.1, -0.05) is 152 Å². The molecule has 1 aliphatic rings. The smallest absolute Gasteiger partial charge is 0.399 e. The fourth-order valence-electron chi connectivity index (χ4n) is 5.77. The van der Waals surface area contributed by atoms with Gasteiger partial charge in [-0.05, 0) is 45.2 Å². The molecule has 6 aromatic carbocycles. The van der Waals surface area contributed by atoms with Gasteiger partial charge in [0, 0.05) is 0 Å². The summed E-state index contributed by atoms with van der Waals surface area (Å²) in [4.78, 5) is 0. The van der Waals surface area contributed by atoms with Crippen LogP contribution in [0.25, 0.3) is 10.8 Å². The molecule has 0 saturated carbocycles. The largest absolute Gasteiger partial charge is 0.427 e. The van der Waals surface area contributed by atoms with E-state index in [9.17, 15) is 0 Å². The van der Waals surface area contributed by atoms with E-state index in [4.69, 9.17) is 13.6 Å². The van der Waals surface area contributed by atoms with Gasteiger partial charge < -0.3 is 4.52 Å². The van der Waals surface area contributed by atoms with Gasteiger partial charge in [0.1, 0.15) is 5.75 Å². The molecule has 1 aliphatic heterocycles. The summed E-state index contributed by atoms with van der Waals surface area (Å²) in [5, 5.41) is 2.26. The Balaban J connectivity index is 1.48. The summed E-state index contributed by atoms with van der Waals surface area (Å²) in [7, 11) is -1.85. The Kier molecular flexibility index (Phi) is 6.42. The third-order valence-electron chi connectivity index (χ3n) is 7.54. The Morgan fingerprint density at radius 2 is 0.775 bits per heavy atom. The predicted octanol–water partition coefficient (Wildman–Crippen LogP) is 9.38. The molecule has 6 aromatic rings. The van der Waals surface area contributed by atoms with E-state index in [0.717, 1.165) is 33.0 Å². The van der Waals surface area contributed by atoms with E-state index < -0.39 is 19.8 Å². The van der Waals surface area contributed by atoms with E-state index in [-0.39, 0.29) is 0 Å². The van der Waals surface area contributed by atoms with Gasteiger partial charge in [-0.15, -0.1) is 0 Å². The first-order chi connectivity index (χ1) is 19.8. The molecule has 1 heterocycles. The van der Waals surface area contributed by atoms with Crippen molar-refractivity contribution in [3.63, 3.8) is 0 Å². The number of fused-ring (bicyclic) bond motifs is 1. The first-order valence-electron chi connectivity index (χ1n) is 13.4. The molecule has 1 fully saturated rings. The molecule has 0 aromatic heterocycles. The molecule has 4 heteroatoms. The Hall–Kier alpha value is -4.27. The zero-order valence-electron chi connectivity index (χ0n) is 21.8. The fourth-order valence-corrected chi connectivity index (χ4v) is 7.29. The van der Waals surface area contributed by atoms with Crippen molar-refractivity contribution >= 4 is 19.4 Å². The van der Waals surface area contributed by atoms with Gasteiger partial charge >= 0.3 is 8.60 Å². The van der Waals surface area contributed by atoms with Gasteiger partial charge in [0.25, 0.3) is 0 Å². The van der Waals surface area contributed by atoms with Crippen LogP contribution in [0, 0.1) is 0 Å². The number of rotatable bonds is 6. The summed E-state index contributed by atoms with van der Waals surface area (Å²) in [6.07, 6.45) is 0. The van der Waals surface area contributed by atoms with Crippen LogP contribution in [0.15, 0.2) is 164 Å². The number of hydrogen-bond acceptors (Lipinski definition) is 3. The second kappa shape index (κ2) is 10.4. The molecule has 0 unspecified atom stereocenters. The second-order valence-electron chi connectivity index (χ2n) is 9.83. The van der Waals surface area contributed by atoms with Crippen LogP contribution >= 0.6 is 8.60 Å². The molecule has 7 rings (SSSR count). The molecule has 3 nitrogen and oxygen atoms in total. The van der Waals surface area contributed by atoms with Crippen molar-refractivity contribution in [2.24, 2.45) is 0 Å². The maximum atomic E-state index is 7.18. The minimum absolute atomic E-state index is 0.705. The van der Waals surface area contributed by atoms with Crippen molar-refractivity contribution in [1.29, 1.82) is 0 Å². The molecule has 40 heavy (non-hydrogen) atoms. The third-order valence-corrected chi connectivity index (χ3v) is 8.75. The minimum Gasteiger partial charge on any atom is -0.427 e. The number of hydrogen-bond donors (Lipinski definition) is 0. The van der Waals surface area contributed by atoms with Crippen molar-refractivity contribution in [3.05, 3.63) is 186 Å². The summed E-state index contributed by atoms with van der Waals surface area (Å²) in [6, 6.07) is 55.8. The lowest BCUT2D eigenvalue weighted by Gasteiger charge is -2.43. The summed E-state index contributed by atoms with van der Waals surface area (Å²) in [6.45, 7) is 0. The van der Waals surface area contributed by atoms with Crippen molar-refractivity contribution < 1.29 is 13.6 Å². The Bertz CT molecular complexity index is 1550. The van der Waals surface area contributed by atoms with Crippen LogP contribution in [0.2, 0.25) is 0 Å². The van der Waals surface area contributed by atoms with E-state index in [1.54, 1.807) is 0 Å². The van der Waals surface area contributed by atoms with Crippen molar-refractivity contribution in [2.75, 3.05) is 0 Å². The average Bonchev–Trinajstić information content (AvgIpc) is 3.39. The lowest BCUT2D eigenvalue weighted by Crippen LogP contribution is -2.48. The van der Waals surface area contributed by atoms with E-state index >= 15 is 0 Å². The quantitative estimate of drug-likeness (QED) is 0.198. The van der Waals surface area contributed by atoms with Crippen LogP contribution in [0.5, 0.6) is 5.75 Å². The van der Waals surface area contributed by atoms with Gasteiger partial charge in [0.15, 0.2) is 11.2 Å². The van der Waals surface area contributed by atoms with Gasteiger partial charge in [0.05, 0.1) is 0 Å². The van der Waals surface area contributed by atoms with Crippen LogP contribution in [-0.4, -0.2) is 0 Å². The average molecular weight is 539 g/mol. The van der Waals surface area contributed by atoms with Gasteiger partial charge in [-0.3, -0.25) is 9.05 Å². The van der Waals surface area contributed by atoms with Gasteiger partial charge in [-0.25, -0.2) is 0 Å². The normalized spacial score (nSPS) is 16.1. The van der Waals surface area contributed by atoms with E-state index in [1.165, 1.54) is 0 Å². The summed E-state index contributed by atoms with van der Waals surface area (Å²) in [5.74, 6) is 0.705. The minimum atomic E-state index is -1.85. The molecule has 0 N–H and O–H groups in total. The maximum Gasteiger partial charge on any atom is 0.399 e. The zero-order valence-corrected chi connectivity index (χ0v) is 22.7. The zero-order chi connectivity index (χ0) is 26.8. The molecule has 0 spiro atoms. The summed E-state index contributed by atoms with van der Waals surface area (Å²) in [5.41, 5.74) is 1.87. The fraction of sp³-hybridized carbons (Fsp3) is 0.0556. The molecule has 0 radical (unpaired) electrons. The standard InChI is InChI=1S/C36H27O3P/c1-5-17-30(18-6-1)35(31-19-7-2-8-20-31)36(32-21-9-3-10-22-32,33-23-11-4-12-24-33)39-40(38-35)37-34-26-25-28-15-13-14-16-29(28)27-34/h1-27H. The summed E-state index contributed by atoms with van der Waals surface area (Å²) < 4.78 is 21.0. The van der Waals surface area contributed by atoms with Gasteiger partial charge in [0.2, 0.25) is 0 Å². The van der Waals surface area contributed by atoms with Crippen LogP contribution in [0.4, 0.5) is 0 Å². The van der Waals surface area contributed by atoms with Crippen LogP contribution < -0.4 is 4.52 Å². The molecule has 0 atom stereocenters. The first-order valence-corrected chi connectivity index (χ1v) is 14.5. The highest BCUT2D eigenvalue weighted by atomic mass is 31.2. The third kappa shape index (κ3) is 4.03. The molecule has 0 aliphatic carbocycles. The Labute approximate surface area is 235 Å². The topological polar surface area (TPSA) is 27.7 Å². The van der Waals surface area contributed by atoms with E-state index in [0.29, 0.717) is 5.75 Å². The first kappa shape index (κ1) is 24.7. The highest BCUT2D eigenvalue weighted by Crippen LogP contribution is 2.70. The molecule has 194 valence electrons. The monoisotopic (exact) mass is 538 g/mol. The lowest BCUT2D eigenvalue weighted by atomic mass is 9.66. The van der Waals surface area contributed by atoms with Gasteiger partial charge in [-0.2, -0.15) is 0 Å². The van der Waals surface area contributed by atoms with Crippen LogP contribution in [-0.2, 0) is 20.2 Å². The molecule has 0 amide bonds. The van der Waals surface area contributed by atoms with Crippen molar-refractivity contribution in [1.82, 2.24) is 0 Å². The Morgan fingerprint density at radius 1 is 0.400 bits per heavy atom. The number of benzene rings is 6. The van der Waals surface area contributed by atoms with E-state index in [2.05, 4.69) is 115 Å². The molecule has 0 bridgehead atoms. The highest BCUT2D eigenvalue weighted by Gasteiger charge is 2.66. The SMILES string of the molecule is c1ccc(C2(c3ccccc3)OP(Oc3ccc4ccccc4c3)OC2(c2ccccc2)c2ccccc2)cc1. The van der Waals surface area contributed by atoms with Crippen molar-refractivity contribution in [3.8, 4) is 5.75 Å².